The summed E-state index contributed by atoms with van der Waals surface area (Å²) in [6.45, 7) is 1.71. The van der Waals surface area contributed by atoms with Gasteiger partial charge in [0.15, 0.2) is 8.68 Å². The van der Waals surface area contributed by atoms with Crippen LogP contribution in [0.15, 0.2) is 62.3 Å². The van der Waals surface area contributed by atoms with Crippen molar-refractivity contribution in [3.8, 4) is 0 Å². The van der Waals surface area contributed by atoms with Crippen molar-refractivity contribution in [2.45, 2.75) is 21.4 Å². The topological polar surface area (TPSA) is 110 Å². The van der Waals surface area contributed by atoms with Crippen LogP contribution in [-0.4, -0.2) is 32.5 Å². The molecule has 3 rings (SSSR count). The summed E-state index contributed by atoms with van der Waals surface area (Å²) < 4.78 is 1.52. The fourth-order valence-electron chi connectivity index (χ4n) is 2.23. The third-order valence-corrected chi connectivity index (χ3v) is 7.35. The molecule has 0 spiro atoms. The van der Waals surface area contributed by atoms with E-state index in [9.17, 15) is 14.9 Å². The number of nitro benzene ring substituents is 1. The summed E-state index contributed by atoms with van der Waals surface area (Å²) in [6.07, 6.45) is 0. The Kier molecular flexibility index (Phi) is 8.41. The summed E-state index contributed by atoms with van der Waals surface area (Å²) in [5.74, 6) is 0.623. The molecule has 0 bridgehead atoms. The second-order valence-electron chi connectivity index (χ2n) is 6.07. The number of nitrogens with one attached hydrogen (secondary N) is 1. The summed E-state index contributed by atoms with van der Waals surface area (Å²) in [5.41, 5.74) is 4.85. The Bertz CT molecular complexity index is 1090. The van der Waals surface area contributed by atoms with E-state index in [1.807, 2.05) is 24.3 Å². The van der Waals surface area contributed by atoms with E-state index in [0.717, 1.165) is 15.7 Å². The Balaban J connectivity index is 1.44. The van der Waals surface area contributed by atoms with Gasteiger partial charge in [-0.1, -0.05) is 58.6 Å². The Morgan fingerprint density at radius 2 is 1.77 bits per heavy atom. The lowest BCUT2D eigenvalue weighted by atomic mass is 10.1. The first-order chi connectivity index (χ1) is 14.9. The quantitative estimate of drug-likeness (QED) is 0.193. The predicted molar refractivity (Wildman–Crippen MR) is 125 cm³/mol. The van der Waals surface area contributed by atoms with Crippen LogP contribution >= 0.6 is 46.5 Å². The van der Waals surface area contributed by atoms with E-state index >= 15 is 0 Å². The van der Waals surface area contributed by atoms with Gasteiger partial charge >= 0.3 is 0 Å². The zero-order valence-corrected chi connectivity index (χ0v) is 19.4. The van der Waals surface area contributed by atoms with Crippen molar-refractivity contribution in [2.24, 2.45) is 5.10 Å². The lowest BCUT2D eigenvalue weighted by Gasteiger charge is -2.02. The van der Waals surface area contributed by atoms with Gasteiger partial charge in [0.2, 0.25) is 0 Å². The van der Waals surface area contributed by atoms with E-state index in [1.165, 1.54) is 35.2 Å². The van der Waals surface area contributed by atoms with Gasteiger partial charge in [-0.25, -0.2) is 5.43 Å². The average Bonchev–Trinajstić information content (AvgIpc) is 3.23. The second-order valence-corrected chi connectivity index (χ2v) is 9.93. The number of hydrazone groups is 1. The van der Waals surface area contributed by atoms with E-state index in [1.54, 1.807) is 30.8 Å². The van der Waals surface area contributed by atoms with Crippen LogP contribution in [0.25, 0.3) is 0 Å². The van der Waals surface area contributed by atoms with Crippen LogP contribution in [0.5, 0.6) is 0 Å². The molecule has 8 nitrogen and oxygen atoms in total. The number of nitro groups is 1. The number of carbonyl (C=O) groups is 1. The molecule has 0 aliphatic heterocycles. The average molecular weight is 494 g/mol. The molecule has 1 amide bonds. The third kappa shape index (κ3) is 7.31. The standard InChI is InChI=1S/C19H16ClN5O3S3/c1-12(14-4-8-16(9-5-14)25(27)28)21-22-17(26)11-30-19-24-23-18(31-19)29-10-13-2-6-15(20)7-3-13/h2-9H,10-11H2,1H3,(H,22,26)/b21-12+. The highest BCUT2D eigenvalue weighted by atomic mass is 35.5. The van der Waals surface area contributed by atoms with Gasteiger partial charge in [0, 0.05) is 22.9 Å². The molecular weight excluding hydrogens is 478 g/mol. The summed E-state index contributed by atoms with van der Waals surface area (Å²) in [4.78, 5) is 22.3. The molecule has 0 radical (unpaired) electrons. The highest BCUT2D eigenvalue weighted by Crippen LogP contribution is 2.30. The maximum atomic E-state index is 12.1. The van der Waals surface area contributed by atoms with Gasteiger partial charge in [0.05, 0.1) is 16.4 Å². The van der Waals surface area contributed by atoms with E-state index < -0.39 is 4.92 Å². The highest BCUT2D eigenvalue weighted by Gasteiger charge is 2.10. The minimum Gasteiger partial charge on any atom is -0.272 e. The molecule has 0 saturated carbocycles. The lowest BCUT2D eigenvalue weighted by molar-refractivity contribution is -0.384. The fraction of sp³-hybridized carbons (Fsp3) is 0.158. The number of thioether (sulfide) groups is 2. The minimum atomic E-state index is -0.468. The normalized spacial score (nSPS) is 11.4. The van der Waals surface area contributed by atoms with Crippen molar-refractivity contribution >= 4 is 63.8 Å². The van der Waals surface area contributed by atoms with Crippen LogP contribution in [0, 0.1) is 10.1 Å². The van der Waals surface area contributed by atoms with Crippen molar-refractivity contribution in [2.75, 3.05) is 5.75 Å². The number of hydrogen-bond acceptors (Lipinski definition) is 9. The smallest absolute Gasteiger partial charge is 0.269 e. The number of nitrogens with zero attached hydrogens (tertiary/aromatic N) is 4. The molecule has 2 aromatic carbocycles. The molecule has 1 aromatic heterocycles. The summed E-state index contributed by atoms with van der Waals surface area (Å²) in [7, 11) is 0. The predicted octanol–water partition coefficient (Wildman–Crippen LogP) is 5.02. The zero-order valence-electron chi connectivity index (χ0n) is 16.1. The highest BCUT2D eigenvalue weighted by molar-refractivity contribution is 8.03. The molecule has 0 aliphatic rings. The lowest BCUT2D eigenvalue weighted by Crippen LogP contribution is -2.21. The first-order valence-electron chi connectivity index (χ1n) is 8.82. The van der Waals surface area contributed by atoms with E-state index in [0.29, 0.717) is 20.6 Å². The Morgan fingerprint density at radius 3 is 2.42 bits per heavy atom. The number of hydrogen-bond donors (Lipinski definition) is 1. The first-order valence-corrected chi connectivity index (χ1v) is 12.0. The van der Waals surface area contributed by atoms with E-state index in [4.69, 9.17) is 11.6 Å². The number of halogens is 1. The molecule has 31 heavy (non-hydrogen) atoms. The SMILES string of the molecule is C/C(=N\NC(=O)CSc1nnc(SCc2ccc(Cl)cc2)s1)c1ccc([N+](=O)[O-])cc1. The van der Waals surface area contributed by atoms with Gasteiger partial charge in [-0.15, -0.1) is 10.2 Å². The van der Waals surface area contributed by atoms with Crippen LogP contribution in [0.2, 0.25) is 5.02 Å². The Hall–Kier alpha value is -2.47. The van der Waals surface area contributed by atoms with Crippen LogP contribution in [0.4, 0.5) is 5.69 Å². The molecule has 12 heteroatoms. The number of carbonyl (C=O) groups excluding carboxylic acids is 1. The van der Waals surface area contributed by atoms with Crippen molar-refractivity contribution in [3.63, 3.8) is 0 Å². The third-order valence-electron chi connectivity index (χ3n) is 3.83. The number of non-ortho nitro benzene ring substituents is 1. The first kappa shape index (κ1) is 23.2. The number of aromatic nitrogens is 2. The number of rotatable bonds is 9. The molecule has 0 saturated heterocycles. The van der Waals surface area contributed by atoms with Crippen molar-refractivity contribution < 1.29 is 9.72 Å². The molecule has 0 fully saturated rings. The van der Waals surface area contributed by atoms with Gasteiger partial charge in [0.1, 0.15) is 0 Å². The Morgan fingerprint density at radius 1 is 1.13 bits per heavy atom. The largest absolute Gasteiger partial charge is 0.272 e. The van der Waals surface area contributed by atoms with Crippen LogP contribution in [0.3, 0.4) is 0 Å². The molecule has 160 valence electrons. The van der Waals surface area contributed by atoms with Crippen LogP contribution < -0.4 is 5.43 Å². The molecule has 1 heterocycles. The van der Waals surface area contributed by atoms with Crippen LogP contribution in [-0.2, 0) is 10.5 Å². The second kappa shape index (κ2) is 11.2. The molecule has 0 unspecified atom stereocenters. The van der Waals surface area contributed by atoms with Crippen molar-refractivity contribution in [3.05, 3.63) is 74.8 Å². The van der Waals surface area contributed by atoms with Crippen LogP contribution in [0.1, 0.15) is 18.1 Å². The minimum absolute atomic E-state index is 0.000240. The van der Waals surface area contributed by atoms with E-state index in [-0.39, 0.29) is 17.3 Å². The van der Waals surface area contributed by atoms with Crippen molar-refractivity contribution in [1.29, 1.82) is 0 Å². The molecule has 3 aromatic rings. The maximum absolute atomic E-state index is 12.1. The van der Waals surface area contributed by atoms with Gasteiger partial charge in [-0.2, -0.15) is 5.10 Å². The maximum Gasteiger partial charge on any atom is 0.269 e. The zero-order chi connectivity index (χ0) is 22.2. The summed E-state index contributed by atoms with van der Waals surface area (Å²) in [5, 5.41) is 23.7. The monoisotopic (exact) mass is 493 g/mol. The van der Waals surface area contributed by atoms with Gasteiger partial charge in [0.25, 0.3) is 11.6 Å². The molecule has 0 aliphatic carbocycles. The number of amides is 1. The molecular formula is C19H16ClN5O3S3. The number of benzene rings is 2. The Labute approximate surface area is 195 Å². The molecule has 0 atom stereocenters. The fourth-order valence-corrected chi connectivity index (χ4v) is 5.13. The van der Waals surface area contributed by atoms with E-state index in [2.05, 4.69) is 20.7 Å². The summed E-state index contributed by atoms with van der Waals surface area (Å²) in [6, 6.07) is 13.6. The molecule has 1 N–H and O–H groups in total. The van der Waals surface area contributed by atoms with Gasteiger partial charge in [-0.3, -0.25) is 14.9 Å². The summed E-state index contributed by atoms with van der Waals surface area (Å²) >= 11 is 10.2. The van der Waals surface area contributed by atoms with Crippen molar-refractivity contribution in [1.82, 2.24) is 15.6 Å². The van der Waals surface area contributed by atoms with Gasteiger partial charge in [-0.05, 0) is 42.3 Å². The van der Waals surface area contributed by atoms with Gasteiger partial charge < -0.3 is 0 Å².